The molecule has 21 heavy (non-hydrogen) atoms. The smallest absolute Gasteiger partial charge is 0.245 e. The van der Waals surface area contributed by atoms with Crippen molar-refractivity contribution in [3.63, 3.8) is 0 Å². The standard InChI is InChI=1S/C15H23FN2O2S/c1-2-11-6-8-12(9-7-11)10-18-21(19,20)15-13(16)4-3-5-14(15)17/h3-5,11-12,18H,2,6-10,17H2,1H3. The lowest BCUT2D eigenvalue weighted by Gasteiger charge is -2.27. The Hall–Kier alpha value is -1.14. The molecule has 1 fully saturated rings. The lowest BCUT2D eigenvalue weighted by atomic mass is 9.81. The highest BCUT2D eigenvalue weighted by molar-refractivity contribution is 7.89. The zero-order valence-corrected chi connectivity index (χ0v) is 13.1. The van der Waals surface area contributed by atoms with Gasteiger partial charge in [0.2, 0.25) is 10.0 Å². The molecule has 0 aromatic heterocycles. The maximum Gasteiger partial charge on any atom is 0.245 e. The van der Waals surface area contributed by atoms with Gasteiger partial charge >= 0.3 is 0 Å². The third kappa shape index (κ3) is 3.95. The first kappa shape index (κ1) is 16.2. The van der Waals surface area contributed by atoms with Crippen LogP contribution in [0.3, 0.4) is 0 Å². The van der Waals surface area contributed by atoms with Gasteiger partial charge in [-0.05, 0) is 36.8 Å². The van der Waals surface area contributed by atoms with Gasteiger partial charge in [-0.25, -0.2) is 17.5 Å². The predicted octanol–water partition coefficient (Wildman–Crippen LogP) is 2.90. The molecule has 1 aromatic carbocycles. The molecule has 6 heteroatoms. The molecule has 0 heterocycles. The molecule has 1 aliphatic rings. The van der Waals surface area contributed by atoms with Gasteiger partial charge in [0.15, 0.2) is 0 Å². The van der Waals surface area contributed by atoms with E-state index in [9.17, 15) is 12.8 Å². The summed E-state index contributed by atoms with van der Waals surface area (Å²) in [5, 5.41) is 0. The number of nitrogen functional groups attached to an aromatic ring is 1. The molecule has 2 rings (SSSR count). The predicted molar refractivity (Wildman–Crippen MR) is 81.7 cm³/mol. The van der Waals surface area contributed by atoms with Gasteiger partial charge in [-0.2, -0.15) is 0 Å². The average Bonchev–Trinajstić information content (AvgIpc) is 2.45. The summed E-state index contributed by atoms with van der Waals surface area (Å²) in [7, 11) is -3.89. The van der Waals surface area contributed by atoms with E-state index >= 15 is 0 Å². The topological polar surface area (TPSA) is 72.2 Å². The molecule has 1 saturated carbocycles. The summed E-state index contributed by atoms with van der Waals surface area (Å²) in [5.74, 6) is 0.285. The van der Waals surface area contributed by atoms with Crippen molar-refractivity contribution < 1.29 is 12.8 Å². The Morgan fingerprint density at radius 3 is 2.43 bits per heavy atom. The van der Waals surface area contributed by atoms with Gasteiger partial charge in [0.05, 0.1) is 5.69 Å². The van der Waals surface area contributed by atoms with Crippen LogP contribution in [-0.4, -0.2) is 15.0 Å². The number of benzene rings is 1. The maximum absolute atomic E-state index is 13.7. The number of nitrogens with two attached hydrogens (primary N) is 1. The third-order valence-corrected chi connectivity index (χ3v) is 5.89. The van der Waals surface area contributed by atoms with Crippen LogP contribution in [0.2, 0.25) is 0 Å². The van der Waals surface area contributed by atoms with E-state index in [1.165, 1.54) is 18.6 Å². The molecule has 0 bridgehead atoms. The molecule has 0 saturated heterocycles. The van der Waals surface area contributed by atoms with Crippen molar-refractivity contribution in [1.29, 1.82) is 0 Å². The van der Waals surface area contributed by atoms with Crippen LogP contribution in [0.1, 0.15) is 39.0 Å². The van der Waals surface area contributed by atoms with Crippen LogP contribution in [0.5, 0.6) is 0 Å². The molecule has 0 unspecified atom stereocenters. The number of hydrogen-bond donors (Lipinski definition) is 2. The minimum atomic E-state index is -3.89. The largest absolute Gasteiger partial charge is 0.398 e. The molecule has 0 amide bonds. The summed E-state index contributed by atoms with van der Waals surface area (Å²) in [6, 6.07) is 3.90. The lowest BCUT2D eigenvalue weighted by Crippen LogP contribution is -2.32. The van der Waals surface area contributed by atoms with E-state index in [0.29, 0.717) is 12.5 Å². The fourth-order valence-electron chi connectivity index (χ4n) is 2.95. The van der Waals surface area contributed by atoms with E-state index in [1.54, 1.807) is 0 Å². The Morgan fingerprint density at radius 1 is 1.24 bits per heavy atom. The van der Waals surface area contributed by atoms with Crippen molar-refractivity contribution >= 4 is 15.7 Å². The lowest BCUT2D eigenvalue weighted by molar-refractivity contribution is 0.270. The highest BCUT2D eigenvalue weighted by atomic mass is 32.2. The fourth-order valence-corrected chi connectivity index (χ4v) is 4.26. The number of nitrogens with one attached hydrogen (secondary N) is 1. The number of halogens is 1. The van der Waals surface area contributed by atoms with Crippen molar-refractivity contribution in [2.75, 3.05) is 12.3 Å². The third-order valence-electron chi connectivity index (χ3n) is 4.37. The van der Waals surface area contributed by atoms with Crippen molar-refractivity contribution in [3.05, 3.63) is 24.0 Å². The second-order valence-electron chi connectivity index (χ2n) is 5.81. The van der Waals surface area contributed by atoms with Crippen LogP contribution in [0.15, 0.2) is 23.1 Å². The molecule has 0 spiro atoms. The molecule has 1 aromatic rings. The molecule has 0 aliphatic heterocycles. The van der Waals surface area contributed by atoms with Crippen LogP contribution in [0, 0.1) is 17.7 Å². The Bertz CT molecular complexity index is 561. The zero-order chi connectivity index (χ0) is 15.5. The minimum absolute atomic E-state index is 0.0582. The van der Waals surface area contributed by atoms with Gasteiger partial charge in [-0.15, -0.1) is 0 Å². The average molecular weight is 314 g/mol. The van der Waals surface area contributed by atoms with Crippen LogP contribution in [0.4, 0.5) is 10.1 Å². The van der Waals surface area contributed by atoms with Gasteiger partial charge in [-0.1, -0.05) is 32.3 Å². The van der Waals surface area contributed by atoms with E-state index in [1.807, 2.05) is 0 Å². The second-order valence-corrected chi connectivity index (χ2v) is 7.51. The quantitative estimate of drug-likeness (QED) is 0.821. The SMILES string of the molecule is CCC1CCC(CNS(=O)(=O)c2c(N)cccc2F)CC1. The normalized spacial score (nSPS) is 23.1. The number of hydrogen-bond acceptors (Lipinski definition) is 3. The van der Waals surface area contributed by atoms with Gasteiger partial charge in [0, 0.05) is 6.54 Å². The van der Waals surface area contributed by atoms with Crippen molar-refractivity contribution in [2.24, 2.45) is 11.8 Å². The highest BCUT2D eigenvalue weighted by Gasteiger charge is 2.25. The van der Waals surface area contributed by atoms with Crippen molar-refractivity contribution in [2.45, 2.75) is 43.9 Å². The van der Waals surface area contributed by atoms with Crippen molar-refractivity contribution in [3.8, 4) is 0 Å². The van der Waals surface area contributed by atoms with Gasteiger partial charge in [-0.3, -0.25) is 0 Å². The monoisotopic (exact) mass is 314 g/mol. The molecule has 0 radical (unpaired) electrons. The van der Waals surface area contributed by atoms with E-state index in [-0.39, 0.29) is 5.69 Å². The van der Waals surface area contributed by atoms with Gasteiger partial charge in [0.25, 0.3) is 0 Å². The van der Waals surface area contributed by atoms with E-state index in [2.05, 4.69) is 11.6 Å². The first-order valence-electron chi connectivity index (χ1n) is 7.47. The van der Waals surface area contributed by atoms with Crippen LogP contribution in [0.25, 0.3) is 0 Å². The summed E-state index contributed by atoms with van der Waals surface area (Å²) >= 11 is 0. The maximum atomic E-state index is 13.7. The van der Waals surface area contributed by atoms with Gasteiger partial charge < -0.3 is 5.73 Å². The molecule has 0 atom stereocenters. The first-order chi connectivity index (χ1) is 9.94. The Labute approximate surface area is 126 Å². The zero-order valence-electron chi connectivity index (χ0n) is 12.3. The molecular weight excluding hydrogens is 291 g/mol. The Balaban J connectivity index is 1.99. The van der Waals surface area contributed by atoms with E-state index in [4.69, 9.17) is 5.73 Å². The number of rotatable bonds is 5. The summed E-state index contributed by atoms with van der Waals surface area (Å²) in [6.07, 6.45) is 5.52. The van der Waals surface area contributed by atoms with Crippen LogP contribution < -0.4 is 10.5 Å². The Kier molecular flexibility index (Phi) is 5.22. The van der Waals surface area contributed by atoms with Crippen LogP contribution >= 0.6 is 0 Å². The molecule has 1 aliphatic carbocycles. The number of anilines is 1. The first-order valence-corrected chi connectivity index (χ1v) is 8.96. The second kappa shape index (κ2) is 6.75. The van der Waals surface area contributed by atoms with Gasteiger partial charge in [0.1, 0.15) is 10.7 Å². The summed E-state index contributed by atoms with van der Waals surface area (Å²) in [5.41, 5.74) is 5.54. The molecule has 118 valence electrons. The summed E-state index contributed by atoms with van der Waals surface area (Å²) < 4.78 is 40.6. The fraction of sp³-hybridized carbons (Fsp3) is 0.600. The van der Waals surface area contributed by atoms with E-state index in [0.717, 1.165) is 37.7 Å². The highest BCUT2D eigenvalue weighted by Crippen LogP contribution is 2.30. The summed E-state index contributed by atoms with van der Waals surface area (Å²) in [4.78, 5) is -0.438. The molecule has 4 nitrogen and oxygen atoms in total. The Morgan fingerprint density at radius 2 is 1.86 bits per heavy atom. The minimum Gasteiger partial charge on any atom is -0.398 e. The molecule has 3 N–H and O–H groups in total. The number of sulfonamides is 1. The summed E-state index contributed by atoms with van der Waals surface area (Å²) in [6.45, 7) is 2.54. The molecular formula is C15H23FN2O2S. The van der Waals surface area contributed by atoms with E-state index < -0.39 is 20.7 Å². The van der Waals surface area contributed by atoms with Crippen LogP contribution in [-0.2, 0) is 10.0 Å². The van der Waals surface area contributed by atoms with Crippen molar-refractivity contribution in [1.82, 2.24) is 4.72 Å².